The summed E-state index contributed by atoms with van der Waals surface area (Å²) in [5.41, 5.74) is 3.74. The van der Waals surface area contributed by atoms with Gasteiger partial charge in [-0.05, 0) is 29.1 Å². The monoisotopic (exact) mass is 348 g/mol. The van der Waals surface area contributed by atoms with Crippen molar-refractivity contribution in [3.8, 4) is 22.6 Å². The van der Waals surface area contributed by atoms with Crippen LogP contribution in [0.1, 0.15) is 31.8 Å². The Morgan fingerprint density at radius 2 is 1.22 bits per heavy atom. The minimum atomic E-state index is -0.109. The van der Waals surface area contributed by atoms with Crippen molar-refractivity contribution in [2.45, 2.75) is 0 Å². The molecule has 126 valence electrons. The van der Waals surface area contributed by atoms with E-state index in [-0.39, 0.29) is 11.6 Å². The molecule has 4 aromatic carbocycles. The highest BCUT2D eigenvalue weighted by molar-refractivity contribution is 6.33. The molecule has 0 bridgehead atoms. The van der Waals surface area contributed by atoms with Gasteiger partial charge in [-0.1, -0.05) is 54.6 Å². The average Bonchev–Trinajstić information content (AvgIpc) is 2.72. The molecule has 4 aromatic rings. The third kappa shape index (κ3) is 1.75. The predicted octanol–water partition coefficient (Wildman–Crippen LogP) is 5.39. The number of hydrogen-bond acceptors (Lipinski definition) is 3. The Morgan fingerprint density at radius 3 is 2.04 bits per heavy atom. The van der Waals surface area contributed by atoms with Gasteiger partial charge in [-0.15, -0.1) is 0 Å². The Hall–Kier alpha value is -3.72. The molecule has 0 spiro atoms. The average molecular weight is 348 g/mol. The van der Waals surface area contributed by atoms with Gasteiger partial charge in [0.25, 0.3) is 0 Å². The standard InChI is InChI=1S/C24H12O3/c25-23-14-7-1-2-8-15(14)24(26)22-16-9-5-11-20-21(16)17(12-18(22)23)13-6-3-4-10-19(13)27-20/h1-12H. The molecular weight excluding hydrogens is 336 g/mol. The molecular formula is C24H12O3. The lowest BCUT2D eigenvalue weighted by atomic mass is 9.79. The van der Waals surface area contributed by atoms with E-state index in [2.05, 4.69) is 0 Å². The van der Waals surface area contributed by atoms with Crippen LogP contribution in [0.25, 0.3) is 21.9 Å². The summed E-state index contributed by atoms with van der Waals surface area (Å²) < 4.78 is 6.08. The molecule has 0 fully saturated rings. The maximum absolute atomic E-state index is 13.2. The van der Waals surface area contributed by atoms with Crippen LogP contribution in [-0.2, 0) is 0 Å². The van der Waals surface area contributed by atoms with Crippen molar-refractivity contribution >= 4 is 22.3 Å². The van der Waals surface area contributed by atoms with E-state index in [0.29, 0.717) is 28.0 Å². The smallest absolute Gasteiger partial charge is 0.195 e. The van der Waals surface area contributed by atoms with E-state index >= 15 is 0 Å². The highest BCUT2D eigenvalue weighted by Gasteiger charge is 2.33. The lowest BCUT2D eigenvalue weighted by Crippen LogP contribution is -2.21. The van der Waals surface area contributed by atoms with Gasteiger partial charge in [-0.3, -0.25) is 9.59 Å². The van der Waals surface area contributed by atoms with Crippen LogP contribution in [0.5, 0.6) is 11.5 Å². The first kappa shape index (κ1) is 14.4. The van der Waals surface area contributed by atoms with Gasteiger partial charge < -0.3 is 4.74 Å². The fourth-order valence-corrected chi connectivity index (χ4v) is 4.23. The van der Waals surface area contributed by atoms with Crippen LogP contribution in [0.15, 0.2) is 72.8 Å². The lowest BCUT2D eigenvalue weighted by molar-refractivity contribution is 0.0980. The number of benzene rings is 4. The summed E-state index contributed by atoms with van der Waals surface area (Å²) in [5.74, 6) is 1.26. The topological polar surface area (TPSA) is 43.4 Å². The number of hydrogen-bond donors (Lipinski definition) is 0. The van der Waals surface area contributed by atoms with Crippen molar-refractivity contribution in [1.82, 2.24) is 0 Å². The number of carbonyl (C=O) groups is 2. The summed E-state index contributed by atoms with van der Waals surface area (Å²) in [4.78, 5) is 26.4. The van der Waals surface area contributed by atoms with E-state index in [0.717, 1.165) is 27.6 Å². The Balaban J connectivity index is 1.79. The number of para-hydroxylation sites is 1. The molecule has 0 saturated carbocycles. The first-order chi connectivity index (χ1) is 13.2. The summed E-state index contributed by atoms with van der Waals surface area (Å²) in [6, 6.07) is 22.3. The van der Waals surface area contributed by atoms with Crippen LogP contribution in [0, 0.1) is 0 Å². The molecule has 1 aliphatic carbocycles. The molecule has 1 aliphatic heterocycles. The minimum Gasteiger partial charge on any atom is -0.456 e. The molecule has 0 unspecified atom stereocenters. The van der Waals surface area contributed by atoms with E-state index < -0.39 is 0 Å². The zero-order chi connectivity index (χ0) is 18.1. The molecule has 0 radical (unpaired) electrons. The van der Waals surface area contributed by atoms with Crippen LogP contribution in [0.3, 0.4) is 0 Å². The zero-order valence-corrected chi connectivity index (χ0v) is 14.2. The Labute approximate surface area is 154 Å². The number of ether oxygens (including phenoxy) is 1. The van der Waals surface area contributed by atoms with Gasteiger partial charge in [0.1, 0.15) is 11.5 Å². The quantitative estimate of drug-likeness (QED) is 0.370. The van der Waals surface area contributed by atoms with E-state index in [1.165, 1.54) is 0 Å². The van der Waals surface area contributed by atoms with Crippen LogP contribution >= 0.6 is 0 Å². The second-order valence-corrected chi connectivity index (χ2v) is 6.83. The molecule has 3 nitrogen and oxygen atoms in total. The second-order valence-electron chi connectivity index (χ2n) is 6.83. The highest BCUT2D eigenvalue weighted by atomic mass is 16.5. The fourth-order valence-electron chi connectivity index (χ4n) is 4.23. The van der Waals surface area contributed by atoms with Crippen LogP contribution in [0.2, 0.25) is 0 Å². The third-order valence-corrected chi connectivity index (χ3v) is 5.41. The van der Waals surface area contributed by atoms with Crippen molar-refractivity contribution in [2.75, 3.05) is 0 Å². The SMILES string of the molecule is O=C1c2ccccc2C(=O)c2c1cc1c3c(cccc23)Oc2ccccc2-1. The summed E-state index contributed by atoms with van der Waals surface area (Å²) in [7, 11) is 0. The first-order valence-corrected chi connectivity index (χ1v) is 8.79. The molecule has 27 heavy (non-hydrogen) atoms. The maximum Gasteiger partial charge on any atom is 0.195 e. The lowest BCUT2D eigenvalue weighted by Gasteiger charge is -2.25. The van der Waals surface area contributed by atoms with E-state index in [1.807, 2.05) is 48.5 Å². The first-order valence-electron chi connectivity index (χ1n) is 8.79. The van der Waals surface area contributed by atoms with Crippen molar-refractivity contribution < 1.29 is 14.3 Å². The van der Waals surface area contributed by atoms with Gasteiger partial charge in [-0.2, -0.15) is 0 Å². The Morgan fingerprint density at radius 1 is 0.556 bits per heavy atom. The van der Waals surface area contributed by atoms with Gasteiger partial charge >= 0.3 is 0 Å². The molecule has 0 amide bonds. The van der Waals surface area contributed by atoms with Crippen molar-refractivity contribution in [2.24, 2.45) is 0 Å². The third-order valence-electron chi connectivity index (χ3n) is 5.41. The summed E-state index contributed by atoms with van der Waals surface area (Å²) >= 11 is 0. The Kier molecular flexibility index (Phi) is 2.63. The highest BCUT2D eigenvalue weighted by Crippen LogP contribution is 2.49. The molecule has 1 heterocycles. The van der Waals surface area contributed by atoms with Gasteiger partial charge in [0.2, 0.25) is 0 Å². The molecule has 0 aromatic heterocycles. The molecule has 0 atom stereocenters. The van der Waals surface area contributed by atoms with Crippen molar-refractivity contribution in [3.63, 3.8) is 0 Å². The van der Waals surface area contributed by atoms with Gasteiger partial charge in [-0.25, -0.2) is 0 Å². The number of ketones is 2. The molecule has 2 aliphatic rings. The predicted molar refractivity (Wildman–Crippen MR) is 103 cm³/mol. The molecule has 6 rings (SSSR count). The summed E-state index contributed by atoms with van der Waals surface area (Å²) in [6.45, 7) is 0. The molecule has 0 N–H and O–H groups in total. The maximum atomic E-state index is 13.2. The summed E-state index contributed by atoms with van der Waals surface area (Å²) in [6.07, 6.45) is 0. The van der Waals surface area contributed by atoms with Gasteiger partial charge in [0.05, 0.1) is 0 Å². The molecule has 3 heteroatoms. The van der Waals surface area contributed by atoms with Crippen molar-refractivity contribution in [1.29, 1.82) is 0 Å². The van der Waals surface area contributed by atoms with E-state index in [9.17, 15) is 9.59 Å². The number of carbonyl (C=O) groups excluding carboxylic acids is 2. The van der Waals surface area contributed by atoms with E-state index in [4.69, 9.17) is 4.74 Å². The fraction of sp³-hybridized carbons (Fsp3) is 0. The molecule has 0 saturated heterocycles. The van der Waals surface area contributed by atoms with Crippen LogP contribution < -0.4 is 4.74 Å². The van der Waals surface area contributed by atoms with Gasteiger partial charge in [0.15, 0.2) is 11.6 Å². The van der Waals surface area contributed by atoms with Crippen LogP contribution in [0.4, 0.5) is 0 Å². The summed E-state index contributed by atoms with van der Waals surface area (Å²) in [5, 5.41) is 1.65. The van der Waals surface area contributed by atoms with E-state index in [1.54, 1.807) is 24.3 Å². The normalized spacial score (nSPS) is 13.6. The van der Waals surface area contributed by atoms with Crippen molar-refractivity contribution in [3.05, 3.63) is 95.1 Å². The minimum absolute atomic E-state index is 0.104. The van der Waals surface area contributed by atoms with Gasteiger partial charge in [0, 0.05) is 33.2 Å². The van der Waals surface area contributed by atoms with Crippen LogP contribution in [-0.4, -0.2) is 11.6 Å². The number of rotatable bonds is 0. The zero-order valence-electron chi connectivity index (χ0n) is 14.2. The number of fused-ring (bicyclic) bond motifs is 5. The largest absolute Gasteiger partial charge is 0.456 e. The second kappa shape index (κ2) is 4.92. The Bertz CT molecular complexity index is 1330.